The van der Waals surface area contributed by atoms with Gasteiger partial charge in [-0.05, 0) is 13.1 Å². The van der Waals surface area contributed by atoms with Crippen LogP contribution in [-0.4, -0.2) is 60.4 Å². The molecule has 6 nitrogen and oxygen atoms in total. The number of carbonyl (C=O) groups is 1. The van der Waals surface area contributed by atoms with Crippen LogP contribution in [0.25, 0.3) is 0 Å². The molecule has 9 heteroatoms. The number of carboxylic acid groups (broad SMARTS) is 1. The number of aliphatic carboxylic acids is 1. The summed E-state index contributed by atoms with van der Waals surface area (Å²) < 4.78 is 35.4. The highest BCUT2D eigenvalue weighted by Crippen LogP contribution is 2.46. The Hall–Kier alpha value is -1.64. The number of carboxylic acids is 1. The summed E-state index contributed by atoms with van der Waals surface area (Å²) in [4.78, 5) is 15.5. The fourth-order valence-electron chi connectivity index (χ4n) is 2.77. The Morgan fingerprint density at radius 1 is 1.26 bits per heavy atom. The number of nitrogens with zero attached hydrogens (tertiary/aromatic N) is 2. The second kappa shape index (κ2) is 6.46. The number of halogens is 3. The zero-order chi connectivity index (χ0) is 15.9. The molecule has 1 aromatic rings. The summed E-state index contributed by atoms with van der Waals surface area (Å²) in [6.45, 7) is 2.50. The first-order chi connectivity index (χ1) is 10.4. The third-order valence-electron chi connectivity index (χ3n) is 3.89. The fraction of sp³-hybridized carbons (Fsp3) is 0.500. The fourth-order valence-corrected chi connectivity index (χ4v) is 2.77. The lowest BCUT2D eigenvalue weighted by Gasteiger charge is -2.36. The quantitative estimate of drug-likeness (QED) is 0.897. The highest BCUT2D eigenvalue weighted by Gasteiger charge is 2.46. The lowest BCUT2D eigenvalue weighted by atomic mass is 10.0. The predicted octanol–water partition coefficient (Wildman–Crippen LogP) is 1.80. The monoisotopic (exact) mass is 350 g/mol. The summed E-state index contributed by atoms with van der Waals surface area (Å²) in [7, 11) is 1.95. The zero-order valence-electron chi connectivity index (χ0n) is 12.4. The number of benzene rings is 1. The Balaban J connectivity index is 0.00000192. The van der Waals surface area contributed by atoms with Crippen LogP contribution < -0.4 is 9.47 Å². The van der Waals surface area contributed by atoms with Crippen molar-refractivity contribution in [2.45, 2.75) is 12.3 Å². The topological polar surface area (TPSA) is 62.2 Å². The molecule has 1 fully saturated rings. The smallest absolute Gasteiger partial charge is 0.480 e. The van der Waals surface area contributed by atoms with Gasteiger partial charge in [-0.1, -0.05) is 12.1 Å². The molecular formula is C14H17ClF2N2O4. The zero-order valence-corrected chi connectivity index (χ0v) is 13.2. The molecule has 0 amide bonds. The van der Waals surface area contributed by atoms with Crippen molar-refractivity contribution in [1.82, 2.24) is 9.80 Å². The molecule has 23 heavy (non-hydrogen) atoms. The maximum atomic E-state index is 13.3. The van der Waals surface area contributed by atoms with Crippen LogP contribution in [0.4, 0.5) is 8.78 Å². The Morgan fingerprint density at radius 3 is 2.52 bits per heavy atom. The van der Waals surface area contributed by atoms with Gasteiger partial charge < -0.3 is 19.5 Å². The Morgan fingerprint density at radius 2 is 1.91 bits per heavy atom. The first-order valence-electron chi connectivity index (χ1n) is 6.91. The number of para-hydroxylation sites is 1. The average Bonchev–Trinajstić information content (AvgIpc) is 2.75. The number of ether oxygens (including phenoxy) is 2. The first kappa shape index (κ1) is 17.7. The van der Waals surface area contributed by atoms with Crippen molar-refractivity contribution in [2.24, 2.45) is 0 Å². The lowest BCUT2D eigenvalue weighted by Crippen LogP contribution is -2.47. The molecule has 2 aliphatic heterocycles. The van der Waals surface area contributed by atoms with Gasteiger partial charge in [0.25, 0.3) is 0 Å². The summed E-state index contributed by atoms with van der Waals surface area (Å²) in [6, 6.07) is 3.27. The van der Waals surface area contributed by atoms with Gasteiger partial charge in [0.2, 0.25) is 0 Å². The third kappa shape index (κ3) is 3.49. The molecule has 2 aliphatic rings. The SMILES string of the molecule is CN1CCN(C(C(=O)O)c2cccc3c2OC(F)(F)O3)CC1.Cl. The van der Waals surface area contributed by atoms with Crippen LogP contribution in [0.3, 0.4) is 0 Å². The van der Waals surface area contributed by atoms with E-state index in [0.29, 0.717) is 26.2 Å². The average molecular weight is 351 g/mol. The van der Waals surface area contributed by atoms with E-state index in [9.17, 15) is 18.7 Å². The van der Waals surface area contributed by atoms with Crippen LogP contribution in [0.15, 0.2) is 18.2 Å². The van der Waals surface area contributed by atoms with E-state index in [1.54, 1.807) is 4.90 Å². The number of rotatable bonds is 3. The molecule has 1 unspecified atom stereocenters. The molecule has 1 saturated heterocycles. The molecule has 0 aliphatic carbocycles. The van der Waals surface area contributed by atoms with Gasteiger partial charge in [-0.3, -0.25) is 9.69 Å². The standard InChI is InChI=1S/C14H16F2N2O4.ClH/c1-17-5-7-18(8-6-17)11(13(19)20)9-3-2-4-10-12(9)22-14(15,16)21-10;/h2-4,11H,5-8H2,1H3,(H,19,20);1H. The van der Waals surface area contributed by atoms with Crippen LogP contribution in [0, 0.1) is 0 Å². The molecular weight excluding hydrogens is 334 g/mol. The molecule has 0 radical (unpaired) electrons. The number of fused-ring (bicyclic) bond motifs is 1. The molecule has 1 aromatic carbocycles. The first-order valence-corrected chi connectivity index (χ1v) is 6.91. The minimum atomic E-state index is -3.76. The molecule has 0 bridgehead atoms. The maximum Gasteiger partial charge on any atom is 0.586 e. The van der Waals surface area contributed by atoms with Crippen molar-refractivity contribution in [1.29, 1.82) is 0 Å². The molecule has 1 atom stereocenters. The second-order valence-corrected chi connectivity index (χ2v) is 5.42. The molecule has 3 rings (SSSR count). The Labute approximate surface area is 138 Å². The van der Waals surface area contributed by atoms with E-state index < -0.39 is 18.3 Å². The number of alkyl halides is 2. The van der Waals surface area contributed by atoms with Gasteiger partial charge in [0, 0.05) is 31.7 Å². The highest BCUT2D eigenvalue weighted by molar-refractivity contribution is 5.85. The Bertz CT molecular complexity index is 594. The normalized spacial score (nSPS) is 21.5. The molecule has 128 valence electrons. The summed E-state index contributed by atoms with van der Waals surface area (Å²) in [5, 5.41) is 9.57. The van der Waals surface area contributed by atoms with Crippen molar-refractivity contribution in [3.63, 3.8) is 0 Å². The van der Waals surface area contributed by atoms with Crippen molar-refractivity contribution >= 4 is 18.4 Å². The summed E-state index contributed by atoms with van der Waals surface area (Å²) in [6.07, 6.45) is -3.76. The number of hydrogen-bond acceptors (Lipinski definition) is 5. The molecule has 0 saturated carbocycles. The van der Waals surface area contributed by atoms with Gasteiger partial charge in [-0.15, -0.1) is 21.2 Å². The second-order valence-electron chi connectivity index (χ2n) is 5.42. The largest absolute Gasteiger partial charge is 0.586 e. The van der Waals surface area contributed by atoms with Gasteiger partial charge in [-0.25, -0.2) is 0 Å². The minimum absolute atomic E-state index is 0. The molecule has 0 aromatic heterocycles. The molecule has 1 N–H and O–H groups in total. The summed E-state index contributed by atoms with van der Waals surface area (Å²) >= 11 is 0. The van der Waals surface area contributed by atoms with Crippen LogP contribution in [0.5, 0.6) is 11.5 Å². The highest BCUT2D eigenvalue weighted by atomic mass is 35.5. The third-order valence-corrected chi connectivity index (χ3v) is 3.89. The van der Waals surface area contributed by atoms with Gasteiger partial charge in [0.1, 0.15) is 6.04 Å². The van der Waals surface area contributed by atoms with Crippen molar-refractivity contribution < 1.29 is 28.2 Å². The maximum absolute atomic E-state index is 13.3. The molecule has 0 spiro atoms. The van der Waals surface area contributed by atoms with Crippen LogP contribution >= 0.6 is 12.4 Å². The van der Waals surface area contributed by atoms with Crippen molar-refractivity contribution in [2.75, 3.05) is 33.2 Å². The predicted molar refractivity (Wildman–Crippen MR) is 79.3 cm³/mol. The summed E-state index contributed by atoms with van der Waals surface area (Å²) in [5.41, 5.74) is 0.187. The van der Waals surface area contributed by atoms with E-state index in [-0.39, 0.29) is 29.5 Å². The van der Waals surface area contributed by atoms with E-state index >= 15 is 0 Å². The van der Waals surface area contributed by atoms with Gasteiger partial charge in [-0.2, -0.15) is 0 Å². The Kier molecular flexibility index (Phi) is 4.98. The minimum Gasteiger partial charge on any atom is -0.480 e. The van der Waals surface area contributed by atoms with Crippen LogP contribution in [-0.2, 0) is 4.79 Å². The van der Waals surface area contributed by atoms with E-state index in [4.69, 9.17) is 0 Å². The van der Waals surface area contributed by atoms with E-state index in [2.05, 4.69) is 14.4 Å². The van der Waals surface area contributed by atoms with Crippen LogP contribution in [0.1, 0.15) is 11.6 Å². The van der Waals surface area contributed by atoms with E-state index in [0.717, 1.165) is 0 Å². The van der Waals surface area contributed by atoms with Gasteiger partial charge >= 0.3 is 12.3 Å². The van der Waals surface area contributed by atoms with Crippen molar-refractivity contribution in [3.05, 3.63) is 23.8 Å². The number of piperazine rings is 1. The summed E-state index contributed by atoms with van der Waals surface area (Å²) in [5.74, 6) is -1.43. The van der Waals surface area contributed by atoms with Crippen molar-refractivity contribution in [3.8, 4) is 11.5 Å². The molecule has 2 heterocycles. The van der Waals surface area contributed by atoms with Crippen LogP contribution in [0.2, 0.25) is 0 Å². The number of likely N-dealkylation sites (N-methyl/N-ethyl adjacent to an activating group) is 1. The number of hydrogen-bond donors (Lipinski definition) is 1. The van der Waals surface area contributed by atoms with E-state index in [1.165, 1.54) is 18.2 Å². The van der Waals surface area contributed by atoms with Gasteiger partial charge in [0.05, 0.1) is 0 Å². The van der Waals surface area contributed by atoms with Gasteiger partial charge in [0.15, 0.2) is 11.5 Å². The lowest BCUT2D eigenvalue weighted by molar-refractivity contribution is -0.287. The van der Waals surface area contributed by atoms with E-state index in [1.807, 2.05) is 7.05 Å².